The summed E-state index contributed by atoms with van der Waals surface area (Å²) in [6, 6.07) is 7.40. The zero-order valence-electron chi connectivity index (χ0n) is 11.8. The summed E-state index contributed by atoms with van der Waals surface area (Å²) in [5.74, 6) is 0.606. The van der Waals surface area contributed by atoms with Crippen LogP contribution in [-0.4, -0.2) is 24.5 Å². The van der Waals surface area contributed by atoms with Crippen molar-refractivity contribution in [3.05, 3.63) is 35.6 Å². The Bertz CT molecular complexity index is 392. The zero-order chi connectivity index (χ0) is 13.7. The molecular weight excluding hydrogens is 239 g/mol. The molecule has 2 atom stereocenters. The van der Waals surface area contributed by atoms with Gasteiger partial charge in [-0.15, -0.1) is 0 Å². The van der Waals surface area contributed by atoms with E-state index in [0.717, 1.165) is 38.0 Å². The van der Waals surface area contributed by atoms with Crippen LogP contribution in [0.25, 0.3) is 0 Å². The van der Waals surface area contributed by atoms with Crippen molar-refractivity contribution in [1.82, 2.24) is 4.90 Å². The van der Waals surface area contributed by atoms with E-state index in [2.05, 4.69) is 11.8 Å². The fourth-order valence-electron chi connectivity index (χ4n) is 3.27. The SMILES string of the molecule is CCC(c1ccccc1F)N1CCCC(CCN)C1. The van der Waals surface area contributed by atoms with Crippen LogP contribution in [0.15, 0.2) is 24.3 Å². The first-order valence-corrected chi connectivity index (χ1v) is 7.44. The Morgan fingerprint density at radius 2 is 2.21 bits per heavy atom. The van der Waals surface area contributed by atoms with Crippen LogP contribution in [0, 0.1) is 11.7 Å². The van der Waals surface area contributed by atoms with Gasteiger partial charge in [0.1, 0.15) is 5.82 Å². The molecule has 1 fully saturated rings. The third-order valence-electron chi connectivity index (χ3n) is 4.22. The van der Waals surface area contributed by atoms with Gasteiger partial charge in [0.05, 0.1) is 0 Å². The van der Waals surface area contributed by atoms with E-state index >= 15 is 0 Å². The molecule has 2 unspecified atom stereocenters. The lowest BCUT2D eigenvalue weighted by atomic mass is 9.91. The summed E-state index contributed by atoms with van der Waals surface area (Å²) in [4.78, 5) is 2.45. The molecule has 0 bridgehead atoms. The number of rotatable bonds is 5. The third kappa shape index (κ3) is 3.54. The molecule has 0 aromatic heterocycles. The van der Waals surface area contributed by atoms with Crippen LogP contribution in [0.4, 0.5) is 4.39 Å². The van der Waals surface area contributed by atoms with Crippen LogP contribution in [-0.2, 0) is 0 Å². The normalized spacial score (nSPS) is 22.4. The maximum Gasteiger partial charge on any atom is 0.127 e. The van der Waals surface area contributed by atoms with Crippen LogP contribution < -0.4 is 5.73 Å². The van der Waals surface area contributed by atoms with Gasteiger partial charge in [0.25, 0.3) is 0 Å². The first kappa shape index (κ1) is 14.5. The number of nitrogens with two attached hydrogens (primary N) is 1. The zero-order valence-corrected chi connectivity index (χ0v) is 11.8. The number of halogens is 1. The lowest BCUT2D eigenvalue weighted by Crippen LogP contribution is -2.39. The first-order valence-electron chi connectivity index (χ1n) is 7.44. The summed E-state index contributed by atoms with van der Waals surface area (Å²) in [6.45, 7) is 5.04. The standard InChI is InChI=1S/C16H25FN2/c1-2-16(14-7-3-4-8-15(14)17)19-11-5-6-13(12-19)9-10-18/h3-4,7-8,13,16H,2,5-6,9-12,18H2,1H3. The molecule has 0 amide bonds. The average Bonchev–Trinajstić information content (AvgIpc) is 2.43. The van der Waals surface area contributed by atoms with Crippen molar-refractivity contribution in [2.24, 2.45) is 11.7 Å². The molecule has 0 spiro atoms. The highest BCUT2D eigenvalue weighted by Crippen LogP contribution is 2.31. The Morgan fingerprint density at radius 1 is 1.42 bits per heavy atom. The second-order valence-corrected chi connectivity index (χ2v) is 5.53. The number of likely N-dealkylation sites (tertiary alicyclic amines) is 1. The summed E-state index contributed by atoms with van der Waals surface area (Å²) in [7, 11) is 0. The molecule has 1 aromatic carbocycles. The molecular formula is C16H25FN2. The molecule has 2 rings (SSSR count). The highest BCUT2D eigenvalue weighted by molar-refractivity contribution is 5.21. The number of benzene rings is 1. The molecule has 1 saturated heterocycles. The predicted molar refractivity (Wildman–Crippen MR) is 77.4 cm³/mol. The Hall–Kier alpha value is -0.930. The van der Waals surface area contributed by atoms with Crippen molar-refractivity contribution in [2.45, 2.75) is 38.6 Å². The molecule has 0 radical (unpaired) electrons. The smallest absolute Gasteiger partial charge is 0.127 e. The average molecular weight is 264 g/mol. The molecule has 1 aromatic rings. The van der Waals surface area contributed by atoms with E-state index in [1.165, 1.54) is 12.8 Å². The van der Waals surface area contributed by atoms with Gasteiger partial charge >= 0.3 is 0 Å². The van der Waals surface area contributed by atoms with Gasteiger partial charge in [-0.25, -0.2) is 4.39 Å². The van der Waals surface area contributed by atoms with Crippen molar-refractivity contribution in [3.63, 3.8) is 0 Å². The van der Waals surface area contributed by atoms with E-state index in [1.807, 2.05) is 12.1 Å². The van der Waals surface area contributed by atoms with Gasteiger partial charge in [0.15, 0.2) is 0 Å². The van der Waals surface area contributed by atoms with E-state index < -0.39 is 0 Å². The Kier molecular flexibility index (Phi) is 5.34. The second kappa shape index (κ2) is 7.01. The van der Waals surface area contributed by atoms with E-state index in [9.17, 15) is 4.39 Å². The highest BCUT2D eigenvalue weighted by Gasteiger charge is 2.26. The van der Waals surface area contributed by atoms with Crippen LogP contribution in [0.2, 0.25) is 0 Å². The van der Waals surface area contributed by atoms with Crippen molar-refractivity contribution in [2.75, 3.05) is 19.6 Å². The Morgan fingerprint density at radius 3 is 2.89 bits per heavy atom. The number of hydrogen-bond acceptors (Lipinski definition) is 2. The molecule has 3 heteroatoms. The minimum absolute atomic E-state index is 0.0738. The van der Waals surface area contributed by atoms with Crippen LogP contribution in [0.3, 0.4) is 0 Å². The van der Waals surface area contributed by atoms with Crippen molar-refractivity contribution < 1.29 is 4.39 Å². The quantitative estimate of drug-likeness (QED) is 0.884. The predicted octanol–water partition coefficient (Wildman–Crippen LogP) is 3.34. The van der Waals surface area contributed by atoms with Crippen LogP contribution >= 0.6 is 0 Å². The molecule has 1 aliphatic rings. The fourth-order valence-corrected chi connectivity index (χ4v) is 3.27. The Labute approximate surface area is 115 Å². The molecule has 19 heavy (non-hydrogen) atoms. The summed E-state index contributed by atoms with van der Waals surface area (Å²) in [5, 5.41) is 0. The molecule has 2 N–H and O–H groups in total. The second-order valence-electron chi connectivity index (χ2n) is 5.53. The molecule has 1 heterocycles. The third-order valence-corrected chi connectivity index (χ3v) is 4.22. The monoisotopic (exact) mass is 264 g/mol. The summed E-state index contributed by atoms with van der Waals surface area (Å²) in [6.07, 6.45) is 4.51. The van der Waals surface area contributed by atoms with E-state index in [1.54, 1.807) is 12.1 Å². The highest BCUT2D eigenvalue weighted by atomic mass is 19.1. The van der Waals surface area contributed by atoms with Crippen LogP contribution in [0.5, 0.6) is 0 Å². The maximum absolute atomic E-state index is 14.0. The van der Waals surface area contributed by atoms with Crippen molar-refractivity contribution in [1.29, 1.82) is 0 Å². The van der Waals surface area contributed by atoms with Gasteiger partial charge in [-0.1, -0.05) is 25.1 Å². The molecule has 2 nitrogen and oxygen atoms in total. The van der Waals surface area contributed by atoms with Gasteiger partial charge < -0.3 is 5.73 Å². The van der Waals surface area contributed by atoms with Gasteiger partial charge in [0, 0.05) is 18.2 Å². The number of nitrogens with zero attached hydrogens (tertiary/aromatic N) is 1. The number of hydrogen-bond donors (Lipinski definition) is 1. The minimum atomic E-state index is -0.0738. The van der Waals surface area contributed by atoms with Gasteiger partial charge in [-0.3, -0.25) is 4.90 Å². The largest absolute Gasteiger partial charge is 0.330 e. The summed E-state index contributed by atoms with van der Waals surface area (Å²) in [5.41, 5.74) is 6.52. The number of piperidine rings is 1. The molecule has 0 saturated carbocycles. The van der Waals surface area contributed by atoms with Crippen molar-refractivity contribution >= 4 is 0 Å². The topological polar surface area (TPSA) is 29.3 Å². The fraction of sp³-hybridized carbons (Fsp3) is 0.625. The van der Waals surface area contributed by atoms with E-state index in [0.29, 0.717) is 5.92 Å². The van der Waals surface area contributed by atoms with Crippen molar-refractivity contribution in [3.8, 4) is 0 Å². The van der Waals surface area contributed by atoms with Crippen LogP contribution in [0.1, 0.15) is 44.2 Å². The lowest BCUT2D eigenvalue weighted by molar-refractivity contribution is 0.114. The first-order chi connectivity index (χ1) is 9.26. The minimum Gasteiger partial charge on any atom is -0.330 e. The van der Waals surface area contributed by atoms with E-state index in [4.69, 9.17) is 5.73 Å². The molecule has 1 aliphatic heterocycles. The Balaban J connectivity index is 2.11. The van der Waals surface area contributed by atoms with Gasteiger partial charge in [-0.05, 0) is 50.8 Å². The molecule has 106 valence electrons. The molecule has 0 aliphatic carbocycles. The lowest BCUT2D eigenvalue weighted by Gasteiger charge is -2.38. The van der Waals surface area contributed by atoms with Gasteiger partial charge in [0.2, 0.25) is 0 Å². The summed E-state index contributed by atoms with van der Waals surface area (Å²) < 4.78 is 14.0. The van der Waals surface area contributed by atoms with E-state index in [-0.39, 0.29) is 11.9 Å². The summed E-state index contributed by atoms with van der Waals surface area (Å²) >= 11 is 0. The van der Waals surface area contributed by atoms with Gasteiger partial charge in [-0.2, -0.15) is 0 Å². The maximum atomic E-state index is 14.0.